The Labute approximate surface area is 174 Å². The van der Waals surface area contributed by atoms with Crippen molar-refractivity contribution >= 4 is 17.4 Å². The predicted octanol–water partition coefficient (Wildman–Crippen LogP) is 5.32. The average Bonchev–Trinajstić information content (AvgIpc) is 3.28. The number of aromatic nitrogens is 3. The third-order valence-corrected chi connectivity index (χ3v) is 4.68. The van der Waals surface area contributed by atoms with Crippen LogP contribution in [-0.2, 0) is 0 Å². The molecule has 0 fully saturated rings. The number of nitrogens with one attached hydrogen (secondary N) is 2. The van der Waals surface area contributed by atoms with E-state index in [0.717, 1.165) is 16.8 Å². The molecule has 7 heteroatoms. The summed E-state index contributed by atoms with van der Waals surface area (Å²) in [6, 6.07) is 20.0. The lowest BCUT2D eigenvalue weighted by Gasteiger charge is -2.12. The molecule has 4 aromatic rings. The van der Waals surface area contributed by atoms with E-state index in [0.29, 0.717) is 23.1 Å². The van der Waals surface area contributed by atoms with Crippen LogP contribution >= 0.6 is 0 Å². The zero-order valence-electron chi connectivity index (χ0n) is 16.7. The quantitative estimate of drug-likeness (QED) is 0.476. The van der Waals surface area contributed by atoms with E-state index in [1.807, 2.05) is 67.2 Å². The summed E-state index contributed by atoms with van der Waals surface area (Å²) < 4.78 is 7.59. The smallest absolute Gasteiger partial charge is 0.323 e. The van der Waals surface area contributed by atoms with Gasteiger partial charge in [-0.2, -0.15) is 0 Å². The van der Waals surface area contributed by atoms with Crippen LogP contribution in [0.5, 0.6) is 11.6 Å². The highest BCUT2D eigenvalue weighted by molar-refractivity contribution is 6.00. The van der Waals surface area contributed by atoms with Gasteiger partial charge >= 0.3 is 6.03 Å². The van der Waals surface area contributed by atoms with E-state index in [-0.39, 0.29) is 6.03 Å². The molecule has 0 aliphatic heterocycles. The minimum atomic E-state index is -0.302. The second kappa shape index (κ2) is 8.48. The van der Waals surface area contributed by atoms with Gasteiger partial charge in [0, 0.05) is 29.8 Å². The van der Waals surface area contributed by atoms with Crippen LogP contribution in [0.1, 0.15) is 11.1 Å². The molecule has 0 aliphatic carbocycles. The van der Waals surface area contributed by atoms with Crippen molar-refractivity contribution in [1.82, 2.24) is 14.8 Å². The van der Waals surface area contributed by atoms with Crippen LogP contribution in [0, 0.1) is 13.8 Å². The number of hydrogen-bond donors (Lipinski definition) is 2. The first-order valence-corrected chi connectivity index (χ1v) is 9.48. The molecule has 0 aliphatic rings. The van der Waals surface area contributed by atoms with Crippen LogP contribution in [-0.4, -0.2) is 20.8 Å². The largest absolute Gasteiger partial charge is 0.438 e. The molecule has 0 saturated heterocycles. The van der Waals surface area contributed by atoms with E-state index in [1.165, 1.54) is 0 Å². The minimum absolute atomic E-state index is 0.302. The van der Waals surface area contributed by atoms with Gasteiger partial charge in [0.05, 0.1) is 0 Å². The van der Waals surface area contributed by atoms with Crippen LogP contribution in [0.25, 0.3) is 5.82 Å². The van der Waals surface area contributed by atoms with Gasteiger partial charge in [-0.25, -0.2) is 4.79 Å². The van der Waals surface area contributed by atoms with E-state index in [9.17, 15) is 4.79 Å². The van der Waals surface area contributed by atoms with Gasteiger partial charge in [-0.1, -0.05) is 12.1 Å². The fraction of sp³-hybridized carbons (Fsp3) is 0.0870. The normalized spacial score (nSPS) is 10.5. The summed E-state index contributed by atoms with van der Waals surface area (Å²) in [6.45, 7) is 3.99. The lowest BCUT2D eigenvalue weighted by molar-refractivity contribution is 0.262. The van der Waals surface area contributed by atoms with Gasteiger partial charge in [-0.05, 0) is 73.5 Å². The summed E-state index contributed by atoms with van der Waals surface area (Å²) in [5, 5.41) is 13.9. The number of benzene rings is 2. The Bertz CT molecular complexity index is 1140. The fourth-order valence-corrected chi connectivity index (χ4v) is 2.89. The minimum Gasteiger partial charge on any atom is -0.438 e. The monoisotopic (exact) mass is 399 g/mol. The molecule has 2 N–H and O–H groups in total. The van der Waals surface area contributed by atoms with Crippen LogP contribution in [0.3, 0.4) is 0 Å². The van der Waals surface area contributed by atoms with Gasteiger partial charge in [0.2, 0.25) is 5.88 Å². The number of carbonyl (C=O) groups is 1. The first-order chi connectivity index (χ1) is 14.6. The Morgan fingerprint density at radius 2 is 1.63 bits per heavy atom. The van der Waals surface area contributed by atoms with Crippen molar-refractivity contribution < 1.29 is 9.53 Å². The number of nitrogens with zero attached hydrogens (tertiary/aromatic N) is 3. The number of carbonyl (C=O) groups excluding carboxylic acids is 1. The topological polar surface area (TPSA) is 81.1 Å². The molecule has 0 atom stereocenters. The van der Waals surface area contributed by atoms with Gasteiger partial charge in [-0.3, -0.25) is 0 Å². The number of amides is 2. The molecule has 2 amide bonds. The molecular formula is C23H21N5O2. The van der Waals surface area contributed by atoms with E-state index in [1.54, 1.807) is 30.3 Å². The fourth-order valence-electron chi connectivity index (χ4n) is 2.89. The Kier molecular flexibility index (Phi) is 5.43. The van der Waals surface area contributed by atoms with Crippen molar-refractivity contribution in [2.45, 2.75) is 13.8 Å². The van der Waals surface area contributed by atoms with E-state index in [4.69, 9.17) is 4.74 Å². The molecule has 0 saturated carbocycles. The zero-order chi connectivity index (χ0) is 20.9. The molecule has 2 heterocycles. The molecule has 30 heavy (non-hydrogen) atoms. The van der Waals surface area contributed by atoms with Crippen molar-refractivity contribution in [3.63, 3.8) is 0 Å². The maximum Gasteiger partial charge on any atom is 0.323 e. The van der Waals surface area contributed by atoms with Crippen molar-refractivity contribution in [3.8, 4) is 17.4 Å². The number of aryl methyl sites for hydroxylation is 1. The predicted molar refractivity (Wildman–Crippen MR) is 116 cm³/mol. The van der Waals surface area contributed by atoms with Crippen LogP contribution in [0.2, 0.25) is 0 Å². The SMILES string of the molecule is Cc1cccc(NC(=O)Nc2ccc(Oc3ccc(-n4cccc4)nn3)cc2)c1C. The molecule has 2 aromatic heterocycles. The highest BCUT2D eigenvalue weighted by Crippen LogP contribution is 2.22. The van der Waals surface area contributed by atoms with Gasteiger partial charge in [0.25, 0.3) is 0 Å². The lowest BCUT2D eigenvalue weighted by atomic mass is 10.1. The number of urea groups is 1. The second-order valence-corrected chi connectivity index (χ2v) is 6.77. The average molecular weight is 399 g/mol. The van der Waals surface area contributed by atoms with Gasteiger partial charge in [-0.15, -0.1) is 10.2 Å². The van der Waals surface area contributed by atoms with Crippen LogP contribution in [0.15, 0.2) is 79.1 Å². The zero-order valence-corrected chi connectivity index (χ0v) is 16.7. The first-order valence-electron chi connectivity index (χ1n) is 9.48. The number of ether oxygens (including phenoxy) is 1. The van der Waals surface area contributed by atoms with Crippen LogP contribution in [0.4, 0.5) is 16.2 Å². The van der Waals surface area contributed by atoms with Gasteiger partial charge in [0.15, 0.2) is 5.82 Å². The van der Waals surface area contributed by atoms with E-state index in [2.05, 4.69) is 20.8 Å². The van der Waals surface area contributed by atoms with Crippen molar-refractivity contribution in [3.05, 3.63) is 90.3 Å². The van der Waals surface area contributed by atoms with Gasteiger partial charge < -0.3 is 19.9 Å². The summed E-state index contributed by atoms with van der Waals surface area (Å²) in [5.41, 5.74) is 3.60. The van der Waals surface area contributed by atoms with Crippen molar-refractivity contribution in [2.75, 3.05) is 10.6 Å². The van der Waals surface area contributed by atoms with E-state index < -0.39 is 0 Å². The standard InChI is InChI=1S/C23H21N5O2/c1-16-6-5-7-20(17(16)2)25-23(29)24-18-8-10-19(11-9-18)30-22-13-12-21(26-27-22)28-14-3-4-15-28/h3-15H,1-2H3,(H2,24,25,29). The molecular weight excluding hydrogens is 378 g/mol. The third kappa shape index (κ3) is 4.47. The summed E-state index contributed by atoms with van der Waals surface area (Å²) in [5.74, 6) is 1.69. The summed E-state index contributed by atoms with van der Waals surface area (Å²) in [7, 11) is 0. The Morgan fingerprint density at radius 1 is 0.867 bits per heavy atom. The highest BCUT2D eigenvalue weighted by Gasteiger charge is 2.07. The second-order valence-electron chi connectivity index (χ2n) is 6.77. The molecule has 0 unspecified atom stereocenters. The molecule has 0 radical (unpaired) electrons. The van der Waals surface area contributed by atoms with Crippen molar-refractivity contribution in [1.29, 1.82) is 0 Å². The molecule has 0 spiro atoms. The number of rotatable bonds is 5. The Balaban J connectivity index is 1.36. The maximum atomic E-state index is 12.3. The third-order valence-electron chi connectivity index (χ3n) is 4.68. The summed E-state index contributed by atoms with van der Waals surface area (Å²) >= 11 is 0. The maximum absolute atomic E-state index is 12.3. The Hall–Kier alpha value is -4.13. The Morgan fingerprint density at radius 3 is 2.33 bits per heavy atom. The van der Waals surface area contributed by atoms with Gasteiger partial charge in [0.1, 0.15) is 5.75 Å². The van der Waals surface area contributed by atoms with E-state index >= 15 is 0 Å². The summed E-state index contributed by atoms with van der Waals surface area (Å²) in [4.78, 5) is 12.3. The lowest BCUT2D eigenvalue weighted by Crippen LogP contribution is -2.20. The molecule has 7 nitrogen and oxygen atoms in total. The molecule has 0 bridgehead atoms. The molecule has 150 valence electrons. The molecule has 2 aromatic carbocycles. The molecule has 4 rings (SSSR count). The number of anilines is 2. The number of hydrogen-bond acceptors (Lipinski definition) is 4. The first kappa shape index (κ1) is 19.2. The highest BCUT2D eigenvalue weighted by atomic mass is 16.5. The van der Waals surface area contributed by atoms with Crippen LogP contribution < -0.4 is 15.4 Å². The summed E-state index contributed by atoms with van der Waals surface area (Å²) in [6.07, 6.45) is 3.79. The van der Waals surface area contributed by atoms with Crippen molar-refractivity contribution in [2.24, 2.45) is 0 Å².